The lowest BCUT2D eigenvalue weighted by Gasteiger charge is -2.05. The van der Waals surface area contributed by atoms with E-state index in [4.69, 9.17) is 16.3 Å². The van der Waals surface area contributed by atoms with E-state index in [0.29, 0.717) is 23.0 Å². The van der Waals surface area contributed by atoms with Crippen molar-refractivity contribution in [1.29, 1.82) is 0 Å². The third-order valence-electron chi connectivity index (χ3n) is 4.44. The summed E-state index contributed by atoms with van der Waals surface area (Å²) in [5, 5.41) is 11.8. The minimum atomic E-state index is -0.471. The zero-order valence-corrected chi connectivity index (χ0v) is 16.1. The van der Waals surface area contributed by atoms with Crippen molar-refractivity contribution in [3.63, 3.8) is 0 Å². The van der Waals surface area contributed by atoms with Crippen LogP contribution in [0, 0.1) is 10.1 Å². The van der Waals surface area contributed by atoms with Crippen molar-refractivity contribution in [3.8, 4) is 39.7 Å². The molecule has 0 aliphatic rings. The highest BCUT2D eigenvalue weighted by Gasteiger charge is 2.24. The number of H-pyrrole nitrogens is 1. The summed E-state index contributed by atoms with van der Waals surface area (Å²) in [6, 6.07) is 15.7. The van der Waals surface area contributed by atoms with Crippen molar-refractivity contribution < 1.29 is 9.66 Å². The Morgan fingerprint density at radius 2 is 1.83 bits per heavy atom. The molecule has 2 heterocycles. The highest BCUT2D eigenvalue weighted by atomic mass is 35.5. The fourth-order valence-corrected chi connectivity index (χ4v) is 3.36. The first-order chi connectivity index (χ1) is 14.1. The van der Waals surface area contributed by atoms with E-state index in [1.54, 1.807) is 31.6 Å². The van der Waals surface area contributed by atoms with Gasteiger partial charge in [0.05, 0.1) is 28.4 Å². The van der Waals surface area contributed by atoms with Gasteiger partial charge in [0.25, 0.3) is 5.69 Å². The molecule has 0 saturated carbocycles. The quantitative estimate of drug-likeness (QED) is 0.355. The molecule has 4 rings (SSSR count). The molecular formula is C21H15ClN4O3. The maximum absolute atomic E-state index is 11.5. The summed E-state index contributed by atoms with van der Waals surface area (Å²) in [5.41, 5.74) is 3.08. The van der Waals surface area contributed by atoms with E-state index in [2.05, 4.69) is 15.0 Å². The number of pyridine rings is 1. The van der Waals surface area contributed by atoms with E-state index < -0.39 is 4.92 Å². The van der Waals surface area contributed by atoms with Gasteiger partial charge >= 0.3 is 0 Å². The Labute approximate surface area is 171 Å². The Balaban J connectivity index is 1.98. The lowest BCUT2D eigenvalue weighted by atomic mass is 10.1. The molecular weight excluding hydrogens is 392 g/mol. The predicted molar refractivity (Wildman–Crippen MR) is 111 cm³/mol. The Bertz CT molecular complexity index is 1190. The normalized spacial score (nSPS) is 10.7. The van der Waals surface area contributed by atoms with Gasteiger partial charge in [-0.05, 0) is 30.3 Å². The molecule has 0 saturated heterocycles. The van der Waals surface area contributed by atoms with E-state index in [9.17, 15) is 10.1 Å². The van der Waals surface area contributed by atoms with Gasteiger partial charge in [-0.1, -0.05) is 29.8 Å². The van der Waals surface area contributed by atoms with E-state index in [0.717, 1.165) is 11.1 Å². The van der Waals surface area contributed by atoms with Gasteiger partial charge in [-0.25, -0.2) is 4.98 Å². The van der Waals surface area contributed by atoms with Crippen LogP contribution in [0.4, 0.5) is 5.69 Å². The minimum absolute atomic E-state index is 0.121. The number of aromatic amines is 1. The van der Waals surface area contributed by atoms with Crippen LogP contribution < -0.4 is 4.74 Å². The number of imidazole rings is 1. The molecule has 0 atom stereocenters. The third-order valence-corrected chi connectivity index (χ3v) is 4.76. The Kier molecular flexibility index (Phi) is 4.97. The number of aromatic nitrogens is 3. The summed E-state index contributed by atoms with van der Waals surface area (Å²) >= 11 is 6.31. The second kappa shape index (κ2) is 7.73. The fraction of sp³-hybridized carbons (Fsp3) is 0.0476. The third kappa shape index (κ3) is 3.55. The monoisotopic (exact) mass is 406 g/mol. The molecule has 8 heteroatoms. The van der Waals surface area contributed by atoms with E-state index >= 15 is 0 Å². The van der Waals surface area contributed by atoms with Crippen LogP contribution in [0.5, 0.6) is 5.75 Å². The van der Waals surface area contributed by atoms with Crippen molar-refractivity contribution in [3.05, 3.63) is 82.1 Å². The van der Waals surface area contributed by atoms with Gasteiger partial charge in [0.2, 0.25) is 0 Å². The molecule has 0 fully saturated rings. The van der Waals surface area contributed by atoms with Crippen LogP contribution in [-0.2, 0) is 0 Å². The van der Waals surface area contributed by atoms with Crippen LogP contribution in [0.1, 0.15) is 0 Å². The van der Waals surface area contributed by atoms with E-state index in [-0.39, 0.29) is 16.3 Å². The molecule has 29 heavy (non-hydrogen) atoms. The zero-order chi connectivity index (χ0) is 20.4. The summed E-state index contributed by atoms with van der Waals surface area (Å²) in [4.78, 5) is 23.0. The number of methoxy groups -OCH3 is 1. The van der Waals surface area contributed by atoms with Crippen molar-refractivity contribution in [2.24, 2.45) is 0 Å². The van der Waals surface area contributed by atoms with Gasteiger partial charge in [0, 0.05) is 29.6 Å². The number of nitrogens with zero attached hydrogens (tertiary/aromatic N) is 3. The van der Waals surface area contributed by atoms with Crippen LogP contribution in [-0.4, -0.2) is 27.0 Å². The van der Waals surface area contributed by atoms with Crippen molar-refractivity contribution in [2.75, 3.05) is 7.11 Å². The molecule has 0 amide bonds. The summed E-state index contributed by atoms with van der Waals surface area (Å²) < 4.78 is 5.33. The molecule has 2 aromatic carbocycles. The molecule has 0 spiro atoms. The van der Waals surface area contributed by atoms with Crippen LogP contribution in [0.2, 0.25) is 5.02 Å². The molecule has 0 unspecified atom stereocenters. The molecule has 0 radical (unpaired) electrons. The van der Waals surface area contributed by atoms with Gasteiger partial charge in [-0.2, -0.15) is 0 Å². The molecule has 0 bridgehead atoms. The number of rotatable bonds is 5. The number of hydrogen-bond donors (Lipinski definition) is 1. The van der Waals surface area contributed by atoms with Crippen LogP contribution >= 0.6 is 11.6 Å². The molecule has 2 aromatic heterocycles. The Hall–Kier alpha value is -3.71. The number of nitrogens with one attached hydrogen (secondary N) is 1. The van der Waals surface area contributed by atoms with Crippen LogP contribution in [0.25, 0.3) is 33.9 Å². The first-order valence-corrected chi connectivity index (χ1v) is 9.04. The molecule has 4 aromatic rings. The Morgan fingerprint density at radius 1 is 1.07 bits per heavy atom. The van der Waals surface area contributed by atoms with Crippen LogP contribution in [0.15, 0.2) is 67.0 Å². The predicted octanol–water partition coefficient (Wildman–Crippen LogP) is 5.38. The second-order valence-corrected chi connectivity index (χ2v) is 6.58. The summed E-state index contributed by atoms with van der Waals surface area (Å²) in [7, 11) is 1.59. The standard InChI is InChI=1S/C21H15ClN4O3/c1-29-15-5-2-4-14(12-15)20-19(13-8-10-23-11-9-13)24-21(25-20)18-16(22)6-3-7-17(18)26(27)28/h2-12H,1H3,(H,24,25). The average molecular weight is 407 g/mol. The lowest BCUT2D eigenvalue weighted by molar-refractivity contribution is -0.384. The zero-order valence-electron chi connectivity index (χ0n) is 15.3. The summed E-state index contributed by atoms with van der Waals surface area (Å²) in [5.74, 6) is 0.995. The summed E-state index contributed by atoms with van der Waals surface area (Å²) in [6.07, 6.45) is 3.33. The smallest absolute Gasteiger partial charge is 0.281 e. The highest BCUT2D eigenvalue weighted by Crippen LogP contribution is 2.39. The lowest BCUT2D eigenvalue weighted by Crippen LogP contribution is -1.94. The molecule has 144 valence electrons. The van der Waals surface area contributed by atoms with E-state index in [1.807, 2.05) is 36.4 Å². The number of nitro groups is 1. The van der Waals surface area contributed by atoms with Gasteiger partial charge in [-0.15, -0.1) is 0 Å². The fourth-order valence-electron chi connectivity index (χ4n) is 3.10. The number of hydrogen-bond acceptors (Lipinski definition) is 5. The number of benzene rings is 2. The van der Waals surface area contributed by atoms with Crippen LogP contribution in [0.3, 0.4) is 0 Å². The van der Waals surface area contributed by atoms with Crippen molar-refractivity contribution >= 4 is 17.3 Å². The SMILES string of the molecule is COc1cccc(-c2[nH]c(-c3c(Cl)cccc3[N+](=O)[O-])nc2-c2ccncc2)c1. The molecule has 0 aliphatic heterocycles. The number of halogens is 1. The number of ether oxygens (including phenoxy) is 1. The van der Waals surface area contributed by atoms with Gasteiger partial charge in [0.15, 0.2) is 0 Å². The molecule has 1 N–H and O–H groups in total. The van der Waals surface area contributed by atoms with Gasteiger partial charge < -0.3 is 9.72 Å². The first-order valence-electron chi connectivity index (χ1n) is 8.66. The second-order valence-electron chi connectivity index (χ2n) is 6.17. The first kappa shape index (κ1) is 18.6. The van der Waals surface area contributed by atoms with E-state index in [1.165, 1.54) is 6.07 Å². The number of nitro benzene ring substituents is 1. The minimum Gasteiger partial charge on any atom is -0.497 e. The maximum atomic E-state index is 11.5. The van der Waals surface area contributed by atoms with Crippen molar-refractivity contribution in [2.45, 2.75) is 0 Å². The summed E-state index contributed by atoms with van der Waals surface area (Å²) in [6.45, 7) is 0. The van der Waals surface area contributed by atoms with Crippen molar-refractivity contribution in [1.82, 2.24) is 15.0 Å². The average Bonchev–Trinajstić information content (AvgIpc) is 3.19. The molecule has 7 nitrogen and oxygen atoms in total. The topological polar surface area (TPSA) is 93.9 Å². The highest BCUT2D eigenvalue weighted by molar-refractivity contribution is 6.33. The van der Waals surface area contributed by atoms with Gasteiger partial charge in [-0.3, -0.25) is 15.1 Å². The Morgan fingerprint density at radius 3 is 2.55 bits per heavy atom. The van der Waals surface area contributed by atoms with Gasteiger partial charge in [0.1, 0.15) is 17.1 Å². The molecule has 0 aliphatic carbocycles. The maximum Gasteiger partial charge on any atom is 0.281 e. The largest absolute Gasteiger partial charge is 0.497 e.